The summed E-state index contributed by atoms with van der Waals surface area (Å²) in [4.78, 5) is 11.3. The number of carbonyl (C=O) groups excluding carboxylic acids is 1. The molecule has 1 aliphatic rings. The lowest BCUT2D eigenvalue weighted by Gasteiger charge is -2.18. The molecule has 1 unspecified atom stereocenters. The normalized spacial score (nSPS) is 16.5. The molecule has 0 aliphatic carbocycles. The summed E-state index contributed by atoms with van der Waals surface area (Å²) in [5, 5.41) is 8.81. The minimum atomic E-state index is -0.752. The summed E-state index contributed by atoms with van der Waals surface area (Å²) in [5.74, 6) is 2.20. The van der Waals surface area contributed by atoms with Gasteiger partial charge in [-0.15, -0.1) is 6.42 Å². The molecule has 1 N–H and O–H groups in total. The van der Waals surface area contributed by atoms with Crippen molar-refractivity contribution >= 4 is 29.4 Å². The summed E-state index contributed by atoms with van der Waals surface area (Å²) in [7, 11) is 0. The highest BCUT2D eigenvalue weighted by Crippen LogP contribution is 2.25. The first-order valence-electron chi connectivity index (χ1n) is 6.75. The molecule has 0 amide bonds. The quantitative estimate of drug-likeness (QED) is 0.696. The van der Waals surface area contributed by atoms with Gasteiger partial charge in [-0.25, -0.2) is 9.40 Å². The molecule has 114 valence electrons. The number of nitrogens with one attached hydrogen (secondary N) is 1. The van der Waals surface area contributed by atoms with Crippen molar-refractivity contribution in [1.29, 1.82) is 0 Å². The van der Waals surface area contributed by atoms with E-state index in [1.165, 1.54) is 17.1 Å². The van der Waals surface area contributed by atoms with Crippen molar-refractivity contribution in [2.45, 2.75) is 6.17 Å². The van der Waals surface area contributed by atoms with Crippen LogP contribution in [0.2, 0.25) is 5.02 Å². The molecule has 4 nitrogen and oxygen atoms in total. The van der Waals surface area contributed by atoms with E-state index in [-0.39, 0.29) is 16.4 Å². The number of rotatable bonds is 3. The molecule has 0 bridgehead atoms. The Balaban J connectivity index is 2.01. The van der Waals surface area contributed by atoms with Crippen LogP contribution in [0.4, 0.5) is 10.1 Å². The monoisotopic (exact) mass is 327 g/mol. The van der Waals surface area contributed by atoms with Crippen LogP contribution in [0.3, 0.4) is 0 Å². The summed E-state index contributed by atoms with van der Waals surface area (Å²) in [5.41, 5.74) is 1.49. The molecule has 0 saturated carbocycles. The Bertz CT molecular complexity index is 806. The highest BCUT2D eigenvalue weighted by molar-refractivity contribution is 6.34. The molecule has 1 aliphatic heterocycles. The number of nitrogens with zero attached hydrogens (tertiary/aromatic N) is 2. The summed E-state index contributed by atoms with van der Waals surface area (Å²) in [6.45, 7) is 0. The van der Waals surface area contributed by atoms with E-state index < -0.39 is 12.0 Å². The maximum atomic E-state index is 14.0. The number of amidine groups is 1. The summed E-state index contributed by atoms with van der Waals surface area (Å²) >= 11 is 6.04. The van der Waals surface area contributed by atoms with Gasteiger partial charge in [0, 0.05) is 5.56 Å². The Morgan fingerprint density at radius 3 is 2.65 bits per heavy atom. The van der Waals surface area contributed by atoms with Gasteiger partial charge < -0.3 is 5.32 Å². The van der Waals surface area contributed by atoms with Crippen LogP contribution in [0, 0.1) is 18.2 Å². The minimum absolute atomic E-state index is 0.128. The number of benzene rings is 2. The number of anilines is 1. The van der Waals surface area contributed by atoms with Crippen LogP contribution in [0.25, 0.3) is 0 Å². The molecule has 1 atom stereocenters. The Kier molecular flexibility index (Phi) is 4.00. The highest BCUT2D eigenvalue weighted by atomic mass is 35.5. The highest BCUT2D eigenvalue weighted by Gasteiger charge is 2.29. The van der Waals surface area contributed by atoms with Crippen molar-refractivity contribution in [3.05, 3.63) is 64.4 Å². The van der Waals surface area contributed by atoms with E-state index in [2.05, 4.69) is 16.3 Å². The van der Waals surface area contributed by atoms with Crippen LogP contribution >= 0.6 is 11.6 Å². The zero-order valence-corrected chi connectivity index (χ0v) is 12.6. The summed E-state index contributed by atoms with van der Waals surface area (Å²) in [6.07, 6.45) is 5.25. The van der Waals surface area contributed by atoms with Crippen molar-refractivity contribution in [3.63, 3.8) is 0 Å². The van der Waals surface area contributed by atoms with Gasteiger partial charge in [0.15, 0.2) is 18.3 Å². The molecule has 0 fully saturated rings. The van der Waals surface area contributed by atoms with Gasteiger partial charge >= 0.3 is 0 Å². The smallest absolute Gasteiger partial charge is 0.178 e. The third-order valence-corrected chi connectivity index (χ3v) is 3.70. The lowest BCUT2D eigenvalue weighted by molar-refractivity contribution is -0.109. The molecule has 0 saturated heterocycles. The van der Waals surface area contributed by atoms with Gasteiger partial charge in [-0.3, -0.25) is 4.79 Å². The number of hydrazone groups is 1. The lowest BCUT2D eigenvalue weighted by Crippen LogP contribution is -2.39. The summed E-state index contributed by atoms with van der Waals surface area (Å²) < 4.78 is 14.0. The van der Waals surface area contributed by atoms with E-state index in [4.69, 9.17) is 18.0 Å². The Labute approximate surface area is 137 Å². The van der Waals surface area contributed by atoms with Gasteiger partial charge in [0.2, 0.25) is 0 Å². The average molecular weight is 328 g/mol. The average Bonchev–Trinajstić information content (AvgIpc) is 2.98. The van der Waals surface area contributed by atoms with E-state index in [9.17, 15) is 9.18 Å². The number of aldehydes is 1. The zero-order chi connectivity index (χ0) is 16.4. The van der Waals surface area contributed by atoms with Crippen LogP contribution in [0.15, 0.2) is 47.6 Å². The first-order valence-corrected chi connectivity index (χ1v) is 7.12. The van der Waals surface area contributed by atoms with Crippen LogP contribution < -0.4 is 10.3 Å². The van der Waals surface area contributed by atoms with Crippen LogP contribution in [-0.2, 0) is 4.79 Å². The number of hydrogen-bond donors (Lipinski definition) is 1. The number of terminal acetylenes is 1. The van der Waals surface area contributed by atoms with Crippen molar-refractivity contribution < 1.29 is 9.18 Å². The topological polar surface area (TPSA) is 44.7 Å². The number of carbonyl (C=O) groups is 1. The van der Waals surface area contributed by atoms with E-state index in [1.54, 1.807) is 30.3 Å². The van der Waals surface area contributed by atoms with Crippen LogP contribution in [0.5, 0.6) is 0 Å². The minimum Gasteiger partial charge on any atom is -0.340 e. The van der Waals surface area contributed by atoms with Crippen molar-refractivity contribution in [1.82, 2.24) is 5.32 Å². The van der Waals surface area contributed by atoms with Crippen molar-refractivity contribution in [2.75, 3.05) is 5.01 Å². The largest absolute Gasteiger partial charge is 0.340 e. The van der Waals surface area contributed by atoms with Gasteiger partial charge in [0.1, 0.15) is 5.82 Å². The van der Waals surface area contributed by atoms with Crippen molar-refractivity contribution in [2.24, 2.45) is 5.10 Å². The third kappa shape index (κ3) is 2.77. The maximum absolute atomic E-state index is 14.0. The predicted molar refractivity (Wildman–Crippen MR) is 87.8 cm³/mol. The van der Waals surface area contributed by atoms with Gasteiger partial charge in [-0.05, 0) is 36.4 Å². The molecule has 2 aromatic carbocycles. The fourth-order valence-corrected chi connectivity index (χ4v) is 2.52. The van der Waals surface area contributed by atoms with Gasteiger partial charge in [-0.2, -0.15) is 5.10 Å². The van der Waals surface area contributed by atoms with Crippen molar-refractivity contribution in [3.8, 4) is 12.3 Å². The molecule has 3 rings (SSSR count). The molecule has 23 heavy (non-hydrogen) atoms. The SMILES string of the molecule is C#Cc1ccc(N2N=C(c3c(F)cccc3Cl)NC2C=O)cc1. The van der Waals surface area contributed by atoms with Gasteiger partial charge in [-0.1, -0.05) is 23.6 Å². The van der Waals surface area contributed by atoms with E-state index >= 15 is 0 Å². The first-order chi connectivity index (χ1) is 11.1. The van der Waals surface area contributed by atoms with Crippen LogP contribution in [0.1, 0.15) is 11.1 Å². The maximum Gasteiger partial charge on any atom is 0.178 e. The standard InChI is InChI=1S/C17H11ClFN3O/c1-2-11-6-8-12(9-7-11)22-15(10-23)20-17(21-22)16-13(18)4-3-5-14(16)19/h1,3-10,15H,(H,20,21). The molecule has 1 heterocycles. The Morgan fingerprint density at radius 2 is 2.04 bits per heavy atom. The molecular formula is C17H11ClFN3O. The third-order valence-electron chi connectivity index (χ3n) is 3.38. The molecule has 6 heteroatoms. The second-order valence-corrected chi connectivity index (χ2v) is 5.21. The molecule has 0 radical (unpaired) electrons. The second kappa shape index (κ2) is 6.11. The molecule has 0 aromatic heterocycles. The number of halogens is 2. The van der Waals surface area contributed by atoms with Crippen LogP contribution in [-0.4, -0.2) is 18.3 Å². The molecule has 0 spiro atoms. The zero-order valence-electron chi connectivity index (χ0n) is 11.8. The Hall–Kier alpha value is -2.84. The van der Waals surface area contributed by atoms with Gasteiger partial charge in [0.05, 0.1) is 16.3 Å². The fourth-order valence-electron chi connectivity index (χ4n) is 2.27. The number of hydrogen-bond acceptors (Lipinski definition) is 4. The lowest BCUT2D eigenvalue weighted by atomic mass is 10.2. The van der Waals surface area contributed by atoms with E-state index in [1.807, 2.05) is 0 Å². The fraction of sp³-hybridized carbons (Fsp3) is 0.0588. The van der Waals surface area contributed by atoms with E-state index in [0.717, 1.165) is 0 Å². The summed E-state index contributed by atoms with van der Waals surface area (Å²) in [6, 6.07) is 11.3. The van der Waals surface area contributed by atoms with Gasteiger partial charge in [0.25, 0.3) is 0 Å². The predicted octanol–water partition coefficient (Wildman–Crippen LogP) is 2.76. The first kappa shape index (κ1) is 15.1. The van der Waals surface area contributed by atoms with E-state index in [0.29, 0.717) is 17.5 Å². The molecule has 2 aromatic rings. The Morgan fingerprint density at radius 1 is 1.30 bits per heavy atom. The molecular weight excluding hydrogens is 317 g/mol. The second-order valence-electron chi connectivity index (χ2n) is 4.81.